The molecule has 23 heavy (non-hydrogen) atoms. The van der Waals surface area contributed by atoms with Crippen molar-refractivity contribution >= 4 is 21.4 Å². The molecule has 0 saturated carbocycles. The van der Waals surface area contributed by atoms with Crippen LogP contribution in [-0.4, -0.2) is 50.4 Å². The Kier molecular flexibility index (Phi) is 5.62. The number of sulfone groups is 1. The number of rotatable bonds is 6. The van der Waals surface area contributed by atoms with E-state index in [1.54, 1.807) is 12.3 Å². The highest BCUT2D eigenvalue weighted by Crippen LogP contribution is 2.22. The Balaban J connectivity index is 1.95. The van der Waals surface area contributed by atoms with Crippen molar-refractivity contribution < 1.29 is 13.2 Å². The lowest BCUT2D eigenvalue weighted by molar-refractivity contribution is 0.0947. The van der Waals surface area contributed by atoms with Crippen LogP contribution in [0, 0.1) is 5.92 Å². The molecular formula is C16H25N3O3S. The number of anilines is 1. The third-order valence-electron chi connectivity index (χ3n) is 4.15. The van der Waals surface area contributed by atoms with Crippen LogP contribution in [0.5, 0.6) is 0 Å². The molecule has 0 aromatic carbocycles. The zero-order chi connectivity index (χ0) is 17.0. The second kappa shape index (κ2) is 7.29. The molecule has 128 valence electrons. The van der Waals surface area contributed by atoms with Crippen LogP contribution >= 0.6 is 0 Å². The van der Waals surface area contributed by atoms with Gasteiger partial charge in [-0.2, -0.15) is 0 Å². The molecule has 1 saturated heterocycles. The molecule has 0 radical (unpaired) electrons. The minimum absolute atomic E-state index is 0.0208. The van der Waals surface area contributed by atoms with Gasteiger partial charge in [0.2, 0.25) is 0 Å². The van der Waals surface area contributed by atoms with Gasteiger partial charge in [-0.05, 0) is 30.9 Å². The maximum atomic E-state index is 12.0. The van der Waals surface area contributed by atoms with E-state index in [0.29, 0.717) is 24.6 Å². The number of amides is 1. The zero-order valence-corrected chi connectivity index (χ0v) is 14.8. The van der Waals surface area contributed by atoms with Crippen LogP contribution < -0.4 is 10.2 Å². The number of nitrogens with one attached hydrogen (secondary N) is 1. The predicted molar refractivity (Wildman–Crippen MR) is 91.5 cm³/mol. The Morgan fingerprint density at radius 1 is 1.43 bits per heavy atom. The van der Waals surface area contributed by atoms with Crippen molar-refractivity contribution in [3.8, 4) is 0 Å². The maximum Gasteiger partial charge on any atom is 0.269 e. The van der Waals surface area contributed by atoms with Crippen molar-refractivity contribution in [2.45, 2.75) is 32.7 Å². The van der Waals surface area contributed by atoms with E-state index in [1.807, 2.05) is 18.0 Å². The molecule has 1 fully saturated rings. The smallest absolute Gasteiger partial charge is 0.269 e. The van der Waals surface area contributed by atoms with E-state index in [9.17, 15) is 13.2 Å². The van der Waals surface area contributed by atoms with Crippen LogP contribution in [-0.2, 0) is 9.84 Å². The largest absolute Gasteiger partial charge is 0.369 e. The van der Waals surface area contributed by atoms with Crippen molar-refractivity contribution in [3.05, 3.63) is 24.0 Å². The highest BCUT2D eigenvalue weighted by atomic mass is 32.2. The first-order valence-corrected chi connectivity index (χ1v) is 9.78. The van der Waals surface area contributed by atoms with Crippen LogP contribution in [0.4, 0.5) is 5.69 Å². The average molecular weight is 339 g/mol. The lowest BCUT2D eigenvalue weighted by atomic mass is 10.1. The zero-order valence-electron chi connectivity index (χ0n) is 13.9. The highest BCUT2D eigenvalue weighted by Gasteiger charge is 2.30. The fourth-order valence-corrected chi connectivity index (χ4v) is 4.36. The Bertz CT molecular complexity index is 641. The second-order valence-electron chi connectivity index (χ2n) is 6.51. The molecule has 1 amide bonds. The van der Waals surface area contributed by atoms with Gasteiger partial charge in [0, 0.05) is 19.6 Å². The van der Waals surface area contributed by atoms with Gasteiger partial charge in [0.05, 0.1) is 23.4 Å². The van der Waals surface area contributed by atoms with Crippen molar-refractivity contribution in [3.63, 3.8) is 0 Å². The maximum absolute atomic E-state index is 12.0. The molecule has 1 aromatic rings. The number of nitrogens with zero attached hydrogens (tertiary/aromatic N) is 2. The van der Waals surface area contributed by atoms with E-state index < -0.39 is 9.84 Å². The molecule has 1 unspecified atom stereocenters. The second-order valence-corrected chi connectivity index (χ2v) is 8.74. The minimum atomic E-state index is -2.91. The Morgan fingerprint density at radius 2 is 2.17 bits per heavy atom. The lowest BCUT2D eigenvalue weighted by Crippen LogP contribution is -2.32. The molecular weight excluding hydrogens is 314 g/mol. The highest BCUT2D eigenvalue weighted by molar-refractivity contribution is 7.91. The molecule has 1 aliphatic heterocycles. The molecule has 0 bridgehead atoms. The third-order valence-corrected chi connectivity index (χ3v) is 5.90. The van der Waals surface area contributed by atoms with Gasteiger partial charge in [-0.15, -0.1) is 0 Å². The summed E-state index contributed by atoms with van der Waals surface area (Å²) >= 11 is 0. The van der Waals surface area contributed by atoms with Gasteiger partial charge in [0.25, 0.3) is 5.91 Å². The number of carbonyl (C=O) groups is 1. The standard InChI is InChI=1S/C16H25N3O3S/c1-12(2)6-8-17-16(20)15-5-4-13(10-18-15)19(3)14-7-9-23(21,22)11-14/h4-5,10,12,14H,6-9,11H2,1-3H3,(H,17,20). The minimum Gasteiger partial charge on any atom is -0.369 e. The van der Waals surface area contributed by atoms with Crippen LogP contribution in [0.2, 0.25) is 0 Å². The quantitative estimate of drug-likeness (QED) is 0.849. The molecule has 1 aromatic heterocycles. The Morgan fingerprint density at radius 3 is 2.70 bits per heavy atom. The molecule has 7 heteroatoms. The Hall–Kier alpha value is -1.63. The van der Waals surface area contributed by atoms with Gasteiger partial charge in [-0.1, -0.05) is 13.8 Å². The molecule has 2 heterocycles. The van der Waals surface area contributed by atoms with E-state index in [-0.39, 0.29) is 23.5 Å². The fourth-order valence-electron chi connectivity index (χ4n) is 2.59. The molecule has 1 aliphatic rings. The monoisotopic (exact) mass is 339 g/mol. The lowest BCUT2D eigenvalue weighted by Gasteiger charge is -2.25. The predicted octanol–water partition coefficient (Wildman–Crippen LogP) is 1.48. The number of carbonyl (C=O) groups excluding carboxylic acids is 1. The average Bonchev–Trinajstić information content (AvgIpc) is 2.86. The van der Waals surface area contributed by atoms with E-state index >= 15 is 0 Å². The summed E-state index contributed by atoms with van der Waals surface area (Å²) in [6, 6.07) is 3.47. The summed E-state index contributed by atoms with van der Waals surface area (Å²) < 4.78 is 23.1. The first-order chi connectivity index (χ1) is 10.8. The van der Waals surface area contributed by atoms with E-state index in [4.69, 9.17) is 0 Å². The summed E-state index contributed by atoms with van der Waals surface area (Å²) in [5, 5.41) is 2.85. The third kappa shape index (κ3) is 4.92. The van der Waals surface area contributed by atoms with E-state index in [1.165, 1.54) is 0 Å². The molecule has 1 atom stereocenters. The van der Waals surface area contributed by atoms with Gasteiger partial charge in [0.1, 0.15) is 5.69 Å². The van der Waals surface area contributed by atoms with Gasteiger partial charge in [-0.25, -0.2) is 13.4 Å². The molecule has 2 rings (SSSR count). The van der Waals surface area contributed by atoms with Crippen LogP contribution in [0.15, 0.2) is 18.3 Å². The summed E-state index contributed by atoms with van der Waals surface area (Å²) in [5.74, 6) is 0.789. The number of hydrogen-bond donors (Lipinski definition) is 1. The number of hydrogen-bond acceptors (Lipinski definition) is 5. The van der Waals surface area contributed by atoms with Gasteiger partial charge < -0.3 is 10.2 Å². The molecule has 1 N–H and O–H groups in total. The molecule has 0 aliphatic carbocycles. The summed E-state index contributed by atoms with van der Waals surface area (Å²) in [6.45, 7) is 4.86. The number of aromatic nitrogens is 1. The summed E-state index contributed by atoms with van der Waals surface area (Å²) in [7, 11) is -1.05. The van der Waals surface area contributed by atoms with Crippen molar-refractivity contribution in [1.82, 2.24) is 10.3 Å². The van der Waals surface area contributed by atoms with E-state index in [2.05, 4.69) is 24.1 Å². The first-order valence-electron chi connectivity index (χ1n) is 7.96. The summed E-state index contributed by atoms with van der Waals surface area (Å²) in [4.78, 5) is 18.1. The molecule has 0 spiro atoms. The summed E-state index contributed by atoms with van der Waals surface area (Å²) in [5.41, 5.74) is 1.20. The van der Waals surface area contributed by atoms with Gasteiger partial charge in [-0.3, -0.25) is 4.79 Å². The topological polar surface area (TPSA) is 79.4 Å². The summed E-state index contributed by atoms with van der Waals surface area (Å²) in [6.07, 6.45) is 3.20. The van der Waals surface area contributed by atoms with Gasteiger partial charge >= 0.3 is 0 Å². The van der Waals surface area contributed by atoms with E-state index in [0.717, 1.165) is 12.1 Å². The SMILES string of the molecule is CC(C)CCNC(=O)c1ccc(N(C)C2CCS(=O)(=O)C2)cn1. The van der Waals surface area contributed by atoms with Crippen LogP contribution in [0.25, 0.3) is 0 Å². The normalized spacial score (nSPS) is 19.7. The molecule has 6 nitrogen and oxygen atoms in total. The van der Waals surface area contributed by atoms with Crippen molar-refractivity contribution in [1.29, 1.82) is 0 Å². The van der Waals surface area contributed by atoms with Gasteiger partial charge in [0.15, 0.2) is 9.84 Å². The fraction of sp³-hybridized carbons (Fsp3) is 0.625. The van der Waals surface area contributed by atoms with Crippen LogP contribution in [0.1, 0.15) is 37.2 Å². The first kappa shape index (κ1) is 17.7. The van der Waals surface area contributed by atoms with Crippen molar-refractivity contribution in [2.75, 3.05) is 30.0 Å². The Labute approximate surface area is 138 Å². The number of pyridine rings is 1. The van der Waals surface area contributed by atoms with Crippen LogP contribution in [0.3, 0.4) is 0 Å². The van der Waals surface area contributed by atoms with Crippen molar-refractivity contribution in [2.24, 2.45) is 5.92 Å².